The van der Waals surface area contributed by atoms with Crippen LogP contribution in [0.15, 0.2) is 40.4 Å². The fourth-order valence-corrected chi connectivity index (χ4v) is 3.30. The summed E-state index contributed by atoms with van der Waals surface area (Å²) in [7, 11) is 3.85. The van der Waals surface area contributed by atoms with E-state index in [9.17, 15) is 10.2 Å². The molecule has 0 bridgehead atoms. The van der Waals surface area contributed by atoms with Crippen LogP contribution >= 0.6 is 11.8 Å². The summed E-state index contributed by atoms with van der Waals surface area (Å²) in [5.41, 5.74) is 0. The molecule has 0 amide bonds. The number of aromatic nitrogens is 3. The van der Waals surface area contributed by atoms with Crippen molar-refractivity contribution in [3.8, 4) is 11.5 Å². The number of aryl methyl sites for hydroxylation is 1. The standard InChI is InChI=1S/C15H15N3O2S/c1-9-17(2)15(16-18(9)3)21-13-8-12(19)14(20)11-7-5-4-6-10(11)13/h4-8H,1-3H3,(H-,19,20)/p+1. The van der Waals surface area contributed by atoms with Crippen LogP contribution < -0.4 is 4.57 Å². The molecule has 1 heterocycles. The van der Waals surface area contributed by atoms with E-state index in [4.69, 9.17) is 0 Å². The average Bonchev–Trinajstić information content (AvgIpc) is 2.72. The van der Waals surface area contributed by atoms with E-state index in [0.29, 0.717) is 5.39 Å². The van der Waals surface area contributed by atoms with Gasteiger partial charge in [-0.3, -0.25) is 0 Å². The Morgan fingerprint density at radius 2 is 1.86 bits per heavy atom. The number of benzene rings is 2. The van der Waals surface area contributed by atoms with Crippen molar-refractivity contribution < 1.29 is 14.8 Å². The molecule has 21 heavy (non-hydrogen) atoms. The molecule has 108 valence electrons. The van der Waals surface area contributed by atoms with Crippen LogP contribution in [0.3, 0.4) is 0 Å². The summed E-state index contributed by atoms with van der Waals surface area (Å²) in [5.74, 6) is 0.827. The first-order valence-corrected chi connectivity index (χ1v) is 7.32. The summed E-state index contributed by atoms with van der Waals surface area (Å²) >= 11 is 1.46. The number of phenols is 2. The number of hydrogen-bond acceptors (Lipinski definition) is 4. The molecule has 0 saturated carbocycles. The normalized spacial score (nSPS) is 11.2. The lowest BCUT2D eigenvalue weighted by Crippen LogP contribution is -2.32. The van der Waals surface area contributed by atoms with Crippen LogP contribution in [0.25, 0.3) is 10.8 Å². The zero-order valence-electron chi connectivity index (χ0n) is 12.0. The van der Waals surface area contributed by atoms with E-state index in [1.165, 1.54) is 11.8 Å². The van der Waals surface area contributed by atoms with Gasteiger partial charge >= 0.3 is 5.16 Å². The molecule has 6 heteroatoms. The SMILES string of the molecule is Cc1n(C)nc(Sc2cc(O)c(O)c3ccccc23)[n+]1C. The van der Waals surface area contributed by atoms with Gasteiger partial charge in [0.25, 0.3) is 0 Å². The molecule has 2 aromatic carbocycles. The summed E-state index contributed by atoms with van der Waals surface area (Å²) in [5, 5.41) is 26.7. The summed E-state index contributed by atoms with van der Waals surface area (Å²) in [6.07, 6.45) is 0. The summed E-state index contributed by atoms with van der Waals surface area (Å²) in [6, 6.07) is 9.03. The lowest BCUT2D eigenvalue weighted by Gasteiger charge is -2.07. The Morgan fingerprint density at radius 1 is 1.19 bits per heavy atom. The van der Waals surface area contributed by atoms with E-state index >= 15 is 0 Å². The highest BCUT2D eigenvalue weighted by molar-refractivity contribution is 7.99. The first kappa shape index (κ1) is 13.8. The lowest BCUT2D eigenvalue weighted by atomic mass is 10.1. The molecular formula is C15H16N3O2S+. The fourth-order valence-electron chi connectivity index (χ4n) is 2.21. The number of fused-ring (bicyclic) bond motifs is 1. The monoisotopic (exact) mass is 302 g/mol. The molecule has 2 N–H and O–H groups in total. The number of phenolic OH excluding ortho intramolecular Hbond substituents is 2. The second-order valence-electron chi connectivity index (χ2n) is 4.90. The van der Waals surface area contributed by atoms with Crippen LogP contribution in [0.5, 0.6) is 11.5 Å². The van der Waals surface area contributed by atoms with Crippen molar-refractivity contribution in [1.29, 1.82) is 0 Å². The molecular weight excluding hydrogens is 286 g/mol. The van der Waals surface area contributed by atoms with Gasteiger partial charge < -0.3 is 10.2 Å². The molecule has 3 rings (SSSR count). The van der Waals surface area contributed by atoms with Crippen molar-refractivity contribution in [3.05, 3.63) is 36.2 Å². The number of aromatic hydroxyl groups is 2. The molecule has 0 fully saturated rings. The summed E-state index contributed by atoms with van der Waals surface area (Å²) in [4.78, 5) is 0.856. The Bertz CT molecular complexity index is 843. The van der Waals surface area contributed by atoms with Crippen molar-refractivity contribution in [2.45, 2.75) is 17.0 Å². The van der Waals surface area contributed by atoms with E-state index in [1.807, 2.05) is 48.5 Å². The molecule has 3 aromatic rings. The topological polar surface area (TPSA) is 62.2 Å². The number of nitrogens with zero attached hydrogens (tertiary/aromatic N) is 3. The van der Waals surface area contributed by atoms with E-state index in [2.05, 4.69) is 5.10 Å². The zero-order chi connectivity index (χ0) is 15.1. The van der Waals surface area contributed by atoms with Gasteiger partial charge in [-0.25, -0.2) is 4.57 Å². The predicted octanol–water partition coefficient (Wildman–Crippen LogP) is 2.27. The molecule has 0 aliphatic heterocycles. The Kier molecular flexibility index (Phi) is 3.25. The van der Waals surface area contributed by atoms with Gasteiger partial charge in [-0.1, -0.05) is 24.3 Å². The van der Waals surface area contributed by atoms with Gasteiger partial charge in [0.1, 0.15) is 0 Å². The molecule has 5 nitrogen and oxygen atoms in total. The summed E-state index contributed by atoms with van der Waals surface area (Å²) < 4.78 is 3.80. The first-order chi connectivity index (χ1) is 9.99. The van der Waals surface area contributed by atoms with Crippen molar-refractivity contribution in [3.63, 3.8) is 0 Å². The molecule has 0 atom stereocenters. The average molecular weight is 302 g/mol. The largest absolute Gasteiger partial charge is 0.504 e. The van der Waals surface area contributed by atoms with E-state index in [0.717, 1.165) is 21.3 Å². The molecule has 0 radical (unpaired) electrons. The van der Waals surface area contributed by atoms with Crippen molar-refractivity contribution in [2.75, 3.05) is 0 Å². The first-order valence-electron chi connectivity index (χ1n) is 6.50. The predicted molar refractivity (Wildman–Crippen MR) is 80.5 cm³/mol. The van der Waals surface area contributed by atoms with Crippen LogP contribution in [-0.2, 0) is 14.1 Å². The maximum absolute atomic E-state index is 9.97. The quantitative estimate of drug-likeness (QED) is 0.563. The number of rotatable bonds is 2. The van der Waals surface area contributed by atoms with Gasteiger partial charge in [-0.15, -0.1) is 4.68 Å². The fraction of sp³-hybridized carbons (Fsp3) is 0.200. The van der Waals surface area contributed by atoms with Crippen LogP contribution in [0.2, 0.25) is 0 Å². The van der Waals surface area contributed by atoms with Gasteiger partial charge in [0.2, 0.25) is 5.82 Å². The highest BCUT2D eigenvalue weighted by atomic mass is 32.2. The van der Waals surface area contributed by atoms with Crippen molar-refractivity contribution >= 4 is 22.5 Å². The molecule has 0 spiro atoms. The second-order valence-corrected chi connectivity index (χ2v) is 5.91. The van der Waals surface area contributed by atoms with E-state index in [1.54, 1.807) is 12.1 Å². The number of hydrogen-bond donors (Lipinski definition) is 2. The Morgan fingerprint density at radius 3 is 2.48 bits per heavy atom. The second kappa shape index (κ2) is 4.96. The third-order valence-electron chi connectivity index (χ3n) is 3.64. The third kappa shape index (κ3) is 2.21. The lowest BCUT2D eigenvalue weighted by molar-refractivity contribution is -0.715. The molecule has 0 aliphatic rings. The van der Waals surface area contributed by atoms with Gasteiger partial charge in [0.15, 0.2) is 11.5 Å². The smallest absolute Gasteiger partial charge is 0.341 e. The van der Waals surface area contributed by atoms with E-state index in [-0.39, 0.29) is 11.5 Å². The van der Waals surface area contributed by atoms with E-state index < -0.39 is 0 Å². The minimum absolute atomic E-state index is 0.0865. The van der Waals surface area contributed by atoms with Gasteiger partial charge in [0, 0.05) is 17.2 Å². The molecule has 1 aromatic heterocycles. The van der Waals surface area contributed by atoms with Crippen LogP contribution in [0, 0.1) is 6.92 Å². The third-order valence-corrected chi connectivity index (χ3v) is 4.73. The molecule has 0 aliphatic carbocycles. The molecule has 0 unspecified atom stereocenters. The Labute approximate surface area is 126 Å². The summed E-state index contributed by atoms with van der Waals surface area (Å²) in [6.45, 7) is 1.99. The van der Waals surface area contributed by atoms with Crippen LogP contribution in [0.1, 0.15) is 5.82 Å². The van der Waals surface area contributed by atoms with Gasteiger partial charge in [0.05, 0.1) is 19.2 Å². The van der Waals surface area contributed by atoms with Crippen molar-refractivity contribution in [1.82, 2.24) is 9.78 Å². The van der Waals surface area contributed by atoms with Crippen molar-refractivity contribution in [2.24, 2.45) is 14.1 Å². The van der Waals surface area contributed by atoms with Gasteiger partial charge in [-0.2, -0.15) is 0 Å². The van der Waals surface area contributed by atoms with Crippen LogP contribution in [-0.4, -0.2) is 20.0 Å². The van der Waals surface area contributed by atoms with Crippen LogP contribution in [0.4, 0.5) is 0 Å². The highest BCUT2D eigenvalue weighted by Crippen LogP contribution is 2.41. The molecule has 0 saturated heterocycles. The minimum Gasteiger partial charge on any atom is -0.504 e. The maximum atomic E-state index is 9.97. The zero-order valence-corrected chi connectivity index (χ0v) is 12.8. The minimum atomic E-state index is -0.119. The maximum Gasteiger partial charge on any atom is 0.341 e. The van der Waals surface area contributed by atoms with Gasteiger partial charge in [-0.05, 0) is 23.2 Å². The Hall–Kier alpha value is -2.21. The Balaban J connectivity index is 2.17. The highest BCUT2D eigenvalue weighted by Gasteiger charge is 2.20.